The third-order valence-electron chi connectivity index (χ3n) is 4.73. The average Bonchev–Trinajstić information content (AvgIpc) is 2.65. The molecule has 0 saturated heterocycles. The van der Waals surface area contributed by atoms with E-state index in [9.17, 15) is 19.7 Å². The van der Waals surface area contributed by atoms with Crippen molar-refractivity contribution in [2.75, 3.05) is 0 Å². The van der Waals surface area contributed by atoms with Gasteiger partial charge >= 0.3 is 0 Å². The summed E-state index contributed by atoms with van der Waals surface area (Å²) in [7, 11) is 0. The van der Waals surface area contributed by atoms with E-state index < -0.39 is 0 Å². The van der Waals surface area contributed by atoms with Gasteiger partial charge < -0.3 is 20.6 Å². The van der Waals surface area contributed by atoms with E-state index in [1.165, 1.54) is 18.2 Å². The van der Waals surface area contributed by atoms with Crippen LogP contribution in [0.5, 0.6) is 5.75 Å². The van der Waals surface area contributed by atoms with E-state index >= 15 is 0 Å². The van der Waals surface area contributed by atoms with Crippen LogP contribution in [0.4, 0.5) is 4.39 Å². The third kappa shape index (κ3) is 5.80. The van der Waals surface area contributed by atoms with Crippen molar-refractivity contribution in [3.8, 4) is 5.75 Å². The van der Waals surface area contributed by atoms with Crippen LogP contribution < -0.4 is 5.32 Å². The summed E-state index contributed by atoms with van der Waals surface area (Å²) in [6.07, 6.45) is 4.00. The SMILES string of the molecule is CC(CCCCc1ccc(F)cc1)NCc1c(CO)ccc(O)c1CO. The van der Waals surface area contributed by atoms with Gasteiger partial charge in [-0.25, -0.2) is 4.39 Å². The topological polar surface area (TPSA) is 72.7 Å². The predicted octanol–water partition coefficient (Wildman–Crippen LogP) is 3.41. The van der Waals surface area contributed by atoms with Crippen LogP contribution >= 0.6 is 0 Å². The first-order valence-corrected chi connectivity index (χ1v) is 9.07. The Morgan fingerprint density at radius 2 is 1.69 bits per heavy atom. The van der Waals surface area contributed by atoms with Gasteiger partial charge in [0.1, 0.15) is 11.6 Å². The zero-order valence-corrected chi connectivity index (χ0v) is 15.2. The maximum absolute atomic E-state index is 12.9. The lowest BCUT2D eigenvalue weighted by Gasteiger charge is -2.18. The maximum Gasteiger partial charge on any atom is 0.123 e. The number of rotatable bonds is 10. The molecule has 0 heterocycles. The molecule has 0 bridgehead atoms. The molecule has 26 heavy (non-hydrogen) atoms. The minimum absolute atomic E-state index is 0.0495. The second-order valence-corrected chi connectivity index (χ2v) is 6.67. The lowest BCUT2D eigenvalue weighted by Crippen LogP contribution is -2.26. The first kappa shape index (κ1) is 20.4. The van der Waals surface area contributed by atoms with E-state index in [1.54, 1.807) is 6.07 Å². The smallest absolute Gasteiger partial charge is 0.123 e. The van der Waals surface area contributed by atoms with Crippen molar-refractivity contribution in [2.24, 2.45) is 0 Å². The van der Waals surface area contributed by atoms with Crippen molar-refractivity contribution in [3.05, 3.63) is 64.5 Å². The molecule has 0 aromatic heterocycles. The first-order chi connectivity index (χ1) is 12.5. The minimum atomic E-state index is -0.261. The Balaban J connectivity index is 1.79. The molecule has 2 aromatic rings. The van der Waals surface area contributed by atoms with Crippen molar-refractivity contribution in [1.29, 1.82) is 0 Å². The molecular formula is C21H28FNO3. The summed E-state index contributed by atoms with van der Waals surface area (Å²) in [5, 5.41) is 32.3. The van der Waals surface area contributed by atoms with Gasteiger partial charge in [0.25, 0.3) is 0 Å². The maximum atomic E-state index is 12.9. The molecule has 0 aliphatic heterocycles. The van der Waals surface area contributed by atoms with Gasteiger partial charge in [-0.05, 0) is 61.1 Å². The van der Waals surface area contributed by atoms with Gasteiger partial charge in [0.2, 0.25) is 0 Å². The van der Waals surface area contributed by atoms with Crippen LogP contribution in [0.1, 0.15) is 48.4 Å². The second kappa shape index (κ2) is 10.3. The normalized spacial score (nSPS) is 12.3. The number of aliphatic hydroxyl groups is 2. The molecule has 4 nitrogen and oxygen atoms in total. The molecule has 0 aliphatic carbocycles. The molecule has 0 spiro atoms. The molecule has 2 rings (SSSR count). The van der Waals surface area contributed by atoms with Gasteiger partial charge in [-0.3, -0.25) is 0 Å². The standard InChI is InChI=1S/C21H28FNO3/c1-15(4-2-3-5-16-6-9-18(22)10-7-16)23-12-19-17(13-24)8-11-21(26)20(19)14-25/h6-11,15,23-26H,2-5,12-14H2,1H3. The highest BCUT2D eigenvalue weighted by atomic mass is 19.1. The number of benzene rings is 2. The molecule has 1 unspecified atom stereocenters. The number of aryl methyl sites for hydroxylation is 1. The fourth-order valence-corrected chi connectivity index (χ4v) is 3.08. The number of aliphatic hydroxyl groups excluding tert-OH is 2. The highest BCUT2D eigenvalue weighted by molar-refractivity contribution is 5.44. The number of hydrogen-bond acceptors (Lipinski definition) is 4. The Hall–Kier alpha value is -1.95. The zero-order chi connectivity index (χ0) is 18.9. The molecule has 142 valence electrons. The number of aromatic hydroxyl groups is 1. The van der Waals surface area contributed by atoms with Crippen LogP contribution in [0.15, 0.2) is 36.4 Å². The van der Waals surface area contributed by atoms with Crippen LogP contribution in [-0.2, 0) is 26.2 Å². The molecule has 2 aromatic carbocycles. The van der Waals surface area contributed by atoms with Crippen LogP contribution in [0, 0.1) is 5.82 Å². The van der Waals surface area contributed by atoms with Crippen molar-refractivity contribution < 1.29 is 19.7 Å². The minimum Gasteiger partial charge on any atom is -0.508 e. The number of hydrogen-bond donors (Lipinski definition) is 4. The van der Waals surface area contributed by atoms with Gasteiger partial charge in [-0.15, -0.1) is 0 Å². The number of nitrogens with one attached hydrogen (secondary N) is 1. The van der Waals surface area contributed by atoms with Crippen LogP contribution in [0.3, 0.4) is 0 Å². The van der Waals surface area contributed by atoms with E-state index in [4.69, 9.17) is 0 Å². The Morgan fingerprint density at radius 3 is 2.35 bits per heavy atom. The summed E-state index contributed by atoms with van der Waals surface area (Å²) in [6.45, 7) is 2.19. The fourth-order valence-electron chi connectivity index (χ4n) is 3.08. The average molecular weight is 361 g/mol. The van der Waals surface area contributed by atoms with Crippen LogP contribution in [-0.4, -0.2) is 21.4 Å². The van der Waals surface area contributed by atoms with E-state index in [2.05, 4.69) is 12.2 Å². The second-order valence-electron chi connectivity index (χ2n) is 6.67. The molecule has 4 N–H and O–H groups in total. The number of halogens is 1. The van der Waals surface area contributed by atoms with Gasteiger partial charge in [-0.2, -0.15) is 0 Å². The molecular weight excluding hydrogens is 333 g/mol. The van der Waals surface area contributed by atoms with Crippen LogP contribution in [0.2, 0.25) is 0 Å². The highest BCUT2D eigenvalue weighted by Gasteiger charge is 2.13. The quantitative estimate of drug-likeness (QED) is 0.490. The monoisotopic (exact) mass is 361 g/mol. The number of phenols is 1. The van der Waals surface area contributed by atoms with Crippen molar-refractivity contribution in [2.45, 2.75) is 58.4 Å². The highest BCUT2D eigenvalue weighted by Crippen LogP contribution is 2.25. The largest absolute Gasteiger partial charge is 0.508 e. The van der Waals surface area contributed by atoms with E-state index in [1.807, 2.05) is 12.1 Å². The molecule has 0 fully saturated rings. The fraction of sp³-hybridized carbons (Fsp3) is 0.429. The molecule has 0 amide bonds. The summed E-state index contributed by atoms with van der Waals surface area (Å²) < 4.78 is 12.9. The first-order valence-electron chi connectivity index (χ1n) is 9.07. The summed E-state index contributed by atoms with van der Waals surface area (Å²) in [5.74, 6) is -0.156. The van der Waals surface area contributed by atoms with Crippen molar-refractivity contribution >= 4 is 0 Å². The summed E-state index contributed by atoms with van der Waals surface area (Å²) in [5.41, 5.74) is 3.08. The number of unbranched alkanes of at least 4 members (excludes halogenated alkanes) is 1. The van der Waals surface area contributed by atoms with Crippen molar-refractivity contribution in [1.82, 2.24) is 5.32 Å². The Labute approximate surface area is 154 Å². The Morgan fingerprint density at radius 1 is 0.962 bits per heavy atom. The lowest BCUT2D eigenvalue weighted by atomic mass is 9.99. The molecule has 0 radical (unpaired) electrons. The third-order valence-corrected chi connectivity index (χ3v) is 4.73. The Kier molecular flexibility index (Phi) is 8.04. The van der Waals surface area contributed by atoms with Crippen molar-refractivity contribution in [3.63, 3.8) is 0 Å². The summed E-state index contributed by atoms with van der Waals surface area (Å²) in [4.78, 5) is 0. The van der Waals surface area contributed by atoms with E-state index in [-0.39, 0.29) is 30.8 Å². The van der Waals surface area contributed by atoms with Gasteiger partial charge in [0, 0.05) is 18.2 Å². The van der Waals surface area contributed by atoms with Gasteiger partial charge in [0.15, 0.2) is 0 Å². The van der Waals surface area contributed by atoms with Gasteiger partial charge in [0.05, 0.1) is 13.2 Å². The molecule has 1 atom stereocenters. The Bertz CT molecular complexity index is 688. The van der Waals surface area contributed by atoms with Gasteiger partial charge in [-0.1, -0.05) is 24.6 Å². The predicted molar refractivity (Wildman–Crippen MR) is 100 cm³/mol. The summed E-state index contributed by atoms with van der Waals surface area (Å²) in [6, 6.07) is 10.1. The summed E-state index contributed by atoms with van der Waals surface area (Å²) >= 11 is 0. The molecule has 5 heteroatoms. The van der Waals surface area contributed by atoms with Crippen LogP contribution in [0.25, 0.3) is 0 Å². The molecule has 0 saturated carbocycles. The van der Waals surface area contributed by atoms with E-state index in [0.29, 0.717) is 17.7 Å². The lowest BCUT2D eigenvalue weighted by molar-refractivity contribution is 0.267. The van der Waals surface area contributed by atoms with E-state index in [0.717, 1.165) is 36.8 Å². The molecule has 0 aliphatic rings. The zero-order valence-electron chi connectivity index (χ0n) is 15.2.